The Kier molecular flexibility index (Phi) is 3.26. The molecule has 1 unspecified atom stereocenters. The molecule has 0 amide bonds. The van der Waals surface area contributed by atoms with Crippen molar-refractivity contribution in [3.8, 4) is 0 Å². The number of alkyl halides is 1. The number of nitrogens with zero attached hydrogens (tertiary/aromatic N) is 1. The van der Waals surface area contributed by atoms with Crippen molar-refractivity contribution in [3.05, 3.63) is 35.4 Å². The van der Waals surface area contributed by atoms with E-state index in [1.54, 1.807) is 11.1 Å². The van der Waals surface area contributed by atoms with Crippen LogP contribution in [0.1, 0.15) is 30.4 Å². The first-order chi connectivity index (χ1) is 11.1. The lowest BCUT2D eigenvalue weighted by Crippen LogP contribution is -2.66. The lowest BCUT2D eigenvalue weighted by molar-refractivity contribution is -0.206. The molecule has 1 aromatic carbocycles. The number of benzene rings is 1. The normalized spacial score (nSPS) is 41.6. The van der Waals surface area contributed by atoms with Gasteiger partial charge in [-0.25, -0.2) is 0 Å². The molecule has 4 heteroatoms. The van der Waals surface area contributed by atoms with Crippen molar-refractivity contribution in [2.75, 3.05) is 26.8 Å². The summed E-state index contributed by atoms with van der Waals surface area (Å²) in [7, 11) is 2.30. The lowest BCUT2D eigenvalue weighted by Gasteiger charge is -2.62. The van der Waals surface area contributed by atoms with Crippen molar-refractivity contribution >= 4 is 15.9 Å². The molecule has 23 heavy (non-hydrogen) atoms. The number of likely N-dealkylation sites (tertiary alicyclic amines) is 1. The largest absolute Gasteiger partial charge is 0.346 e. The van der Waals surface area contributed by atoms with Gasteiger partial charge in [0.2, 0.25) is 0 Å². The van der Waals surface area contributed by atoms with Gasteiger partial charge in [-0.3, -0.25) is 0 Å². The van der Waals surface area contributed by atoms with Crippen LogP contribution in [0.25, 0.3) is 0 Å². The van der Waals surface area contributed by atoms with Crippen LogP contribution >= 0.6 is 15.9 Å². The number of halogens is 1. The van der Waals surface area contributed by atoms with Gasteiger partial charge in [-0.2, -0.15) is 0 Å². The number of fused-ring (bicyclic) bond motifs is 1. The van der Waals surface area contributed by atoms with Crippen LogP contribution in [-0.2, 0) is 21.3 Å². The van der Waals surface area contributed by atoms with Gasteiger partial charge < -0.3 is 14.4 Å². The van der Waals surface area contributed by atoms with Crippen molar-refractivity contribution in [2.45, 2.75) is 47.8 Å². The third-order valence-corrected chi connectivity index (χ3v) is 7.98. The van der Waals surface area contributed by atoms with Crippen molar-refractivity contribution in [3.63, 3.8) is 0 Å². The zero-order valence-electron chi connectivity index (χ0n) is 13.6. The highest BCUT2D eigenvalue weighted by Crippen LogP contribution is 2.60. The van der Waals surface area contributed by atoms with Gasteiger partial charge in [-0.15, -0.1) is 0 Å². The van der Waals surface area contributed by atoms with E-state index >= 15 is 0 Å². The van der Waals surface area contributed by atoms with E-state index in [-0.39, 0.29) is 5.41 Å². The van der Waals surface area contributed by atoms with Gasteiger partial charge in [0.15, 0.2) is 5.79 Å². The first kappa shape index (κ1) is 14.9. The van der Waals surface area contributed by atoms with E-state index in [0.29, 0.717) is 16.8 Å². The Morgan fingerprint density at radius 1 is 1.22 bits per heavy atom. The molecular formula is C19H24BrNO2. The molecule has 2 bridgehead atoms. The molecule has 2 heterocycles. The predicted molar refractivity (Wildman–Crippen MR) is 92.9 cm³/mol. The standard InChI is InChI=1S/C19H24BrNO2/c1-21-7-6-18-12-19(22-8-9-23-19)17(20)11-15(18)16(21)10-13-4-2-3-5-14(13)18/h2-5,15-17H,6-12H2,1H3/t15-,16+,17?,18+/m0/s1. The number of ether oxygens (including phenoxy) is 2. The lowest BCUT2D eigenvalue weighted by atomic mass is 9.51. The van der Waals surface area contributed by atoms with Crippen LogP contribution in [0.3, 0.4) is 0 Å². The second kappa shape index (κ2) is 5.04. The molecule has 2 saturated heterocycles. The Morgan fingerprint density at radius 2 is 2.00 bits per heavy atom. The van der Waals surface area contributed by atoms with Crippen LogP contribution in [-0.4, -0.2) is 48.4 Å². The van der Waals surface area contributed by atoms with E-state index in [2.05, 4.69) is 52.1 Å². The van der Waals surface area contributed by atoms with Gasteiger partial charge in [-0.05, 0) is 49.9 Å². The summed E-state index contributed by atoms with van der Waals surface area (Å²) < 4.78 is 12.4. The summed E-state index contributed by atoms with van der Waals surface area (Å²) in [6, 6.07) is 9.77. The smallest absolute Gasteiger partial charge is 0.181 e. The van der Waals surface area contributed by atoms with Crippen LogP contribution in [0.15, 0.2) is 24.3 Å². The highest BCUT2D eigenvalue weighted by atomic mass is 79.9. The van der Waals surface area contributed by atoms with E-state index in [1.807, 2.05) is 0 Å². The van der Waals surface area contributed by atoms with Crippen molar-refractivity contribution in [2.24, 2.45) is 5.92 Å². The molecule has 1 saturated carbocycles. The number of likely N-dealkylation sites (N-methyl/N-ethyl adjacent to an activating group) is 1. The van der Waals surface area contributed by atoms with Crippen LogP contribution in [0.5, 0.6) is 0 Å². The van der Waals surface area contributed by atoms with E-state index in [9.17, 15) is 0 Å². The molecule has 2 aliphatic heterocycles. The first-order valence-electron chi connectivity index (χ1n) is 8.85. The van der Waals surface area contributed by atoms with Crippen molar-refractivity contribution in [1.82, 2.24) is 4.90 Å². The highest BCUT2D eigenvalue weighted by Gasteiger charge is 2.62. The van der Waals surface area contributed by atoms with E-state index in [4.69, 9.17) is 9.47 Å². The fourth-order valence-electron chi connectivity index (χ4n) is 5.85. The molecular weight excluding hydrogens is 354 g/mol. The van der Waals surface area contributed by atoms with Crippen LogP contribution in [0.4, 0.5) is 0 Å². The maximum Gasteiger partial charge on any atom is 0.181 e. The van der Waals surface area contributed by atoms with Crippen molar-refractivity contribution in [1.29, 1.82) is 0 Å². The Balaban J connectivity index is 1.67. The Bertz CT molecular complexity index is 630. The Labute approximate surface area is 146 Å². The summed E-state index contributed by atoms with van der Waals surface area (Å²) in [6.45, 7) is 2.64. The fraction of sp³-hybridized carbons (Fsp3) is 0.684. The number of hydrogen-bond acceptors (Lipinski definition) is 3. The van der Waals surface area contributed by atoms with E-state index < -0.39 is 5.79 Å². The highest BCUT2D eigenvalue weighted by molar-refractivity contribution is 9.09. The van der Waals surface area contributed by atoms with Gasteiger partial charge in [0.25, 0.3) is 0 Å². The molecule has 0 radical (unpaired) electrons. The van der Waals surface area contributed by atoms with E-state index in [1.165, 1.54) is 19.4 Å². The van der Waals surface area contributed by atoms with Gasteiger partial charge in [-0.1, -0.05) is 40.2 Å². The molecule has 1 spiro atoms. The average molecular weight is 378 g/mol. The summed E-state index contributed by atoms with van der Waals surface area (Å²) in [5.74, 6) is 0.278. The molecule has 0 N–H and O–H groups in total. The average Bonchev–Trinajstić information content (AvgIpc) is 3.02. The molecule has 0 aromatic heterocycles. The Hall–Kier alpha value is -0.420. The van der Waals surface area contributed by atoms with Crippen LogP contribution < -0.4 is 0 Å². The Morgan fingerprint density at radius 3 is 2.83 bits per heavy atom. The number of piperidine rings is 1. The summed E-state index contributed by atoms with van der Waals surface area (Å²) in [5.41, 5.74) is 3.34. The zero-order valence-corrected chi connectivity index (χ0v) is 15.2. The van der Waals surface area contributed by atoms with Gasteiger partial charge in [0.1, 0.15) is 0 Å². The van der Waals surface area contributed by atoms with Crippen molar-refractivity contribution < 1.29 is 9.47 Å². The van der Waals surface area contributed by atoms with Crippen LogP contribution in [0.2, 0.25) is 0 Å². The molecule has 5 rings (SSSR count). The van der Waals surface area contributed by atoms with Crippen LogP contribution in [0, 0.1) is 5.92 Å². The first-order valence-corrected chi connectivity index (χ1v) is 9.77. The molecule has 3 fully saturated rings. The topological polar surface area (TPSA) is 21.7 Å². The zero-order chi connectivity index (χ0) is 15.7. The van der Waals surface area contributed by atoms with Gasteiger partial charge in [0.05, 0.1) is 18.0 Å². The molecule has 124 valence electrons. The molecule has 4 atom stereocenters. The second-order valence-corrected chi connectivity index (χ2v) is 8.92. The monoisotopic (exact) mass is 377 g/mol. The number of hydrogen-bond donors (Lipinski definition) is 0. The molecule has 4 aliphatic rings. The SMILES string of the molecule is CN1CC[C@]23CC4(OCCO4)C(Br)C[C@H]2[C@H]1Cc1ccccc13. The molecule has 1 aromatic rings. The third-order valence-electron chi connectivity index (χ3n) is 6.91. The number of rotatable bonds is 0. The summed E-state index contributed by atoms with van der Waals surface area (Å²) in [4.78, 5) is 2.89. The minimum Gasteiger partial charge on any atom is -0.346 e. The maximum absolute atomic E-state index is 6.19. The second-order valence-electron chi connectivity index (χ2n) is 7.81. The summed E-state index contributed by atoms with van der Waals surface area (Å²) in [5, 5.41) is 0. The minimum absolute atomic E-state index is 0.223. The maximum atomic E-state index is 6.19. The fourth-order valence-corrected chi connectivity index (χ4v) is 6.68. The van der Waals surface area contributed by atoms with E-state index in [0.717, 1.165) is 26.1 Å². The quantitative estimate of drug-likeness (QED) is 0.648. The van der Waals surface area contributed by atoms with Gasteiger partial charge >= 0.3 is 0 Å². The molecule has 3 nitrogen and oxygen atoms in total. The van der Waals surface area contributed by atoms with Gasteiger partial charge in [0, 0.05) is 17.9 Å². The minimum atomic E-state index is -0.415. The predicted octanol–water partition coefficient (Wildman–Crippen LogP) is 3.10. The third kappa shape index (κ3) is 1.92. The summed E-state index contributed by atoms with van der Waals surface area (Å²) >= 11 is 3.93. The molecule has 2 aliphatic carbocycles. The summed E-state index contributed by atoms with van der Waals surface area (Å²) in [6.07, 6.45) is 4.55.